The smallest absolute Gasteiger partial charge is 0.254 e. The summed E-state index contributed by atoms with van der Waals surface area (Å²) in [4.78, 5) is 26.1. The van der Waals surface area contributed by atoms with E-state index in [1.54, 1.807) is 53.1 Å². The summed E-state index contributed by atoms with van der Waals surface area (Å²) >= 11 is 1.70. The number of aliphatic hydroxyl groups is 2. The van der Waals surface area contributed by atoms with E-state index in [0.29, 0.717) is 29.7 Å². The molecule has 1 amide bonds. The van der Waals surface area contributed by atoms with Crippen LogP contribution < -0.4 is 4.74 Å². The number of phenolic OH excluding ortho intramolecular Hbond substituents is 1. The molecule has 0 saturated carbocycles. The van der Waals surface area contributed by atoms with Crippen molar-refractivity contribution in [1.82, 2.24) is 4.90 Å². The van der Waals surface area contributed by atoms with Gasteiger partial charge in [-0.05, 0) is 23.8 Å². The van der Waals surface area contributed by atoms with Gasteiger partial charge in [-0.1, -0.05) is 24.3 Å². The van der Waals surface area contributed by atoms with E-state index in [9.17, 15) is 24.9 Å². The summed E-state index contributed by atoms with van der Waals surface area (Å²) in [5.41, 5.74) is 0.802. The van der Waals surface area contributed by atoms with Gasteiger partial charge in [-0.25, -0.2) is 0 Å². The topological polar surface area (TPSA) is 107 Å². The summed E-state index contributed by atoms with van der Waals surface area (Å²) in [5, 5.41) is 29.1. The molecule has 8 heteroatoms. The van der Waals surface area contributed by atoms with Crippen LogP contribution in [0.15, 0.2) is 42.5 Å². The SMILES string of the molecule is O=Cc1c(O)cccc1OC[C@@H]1CSCCN1C(=O)c1ccccc1[C@@H](O)CO. The Hall–Kier alpha value is -2.55. The standard InChI is InChI=1S/C21H23NO6S/c23-10-17-18(25)6-3-7-20(17)28-12-14-13-29-9-8-22(14)21(27)16-5-2-1-4-15(16)19(26)11-24/h1-7,10,14,19,24-26H,8-9,11-13H2/t14-,19+/m1/s1. The lowest BCUT2D eigenvalue weighted by molar-refractivity contribution is 0.0628. The van der Waals surface area contributed by atoms with Crippen LogP contribution in [-0.4, -0.2) is 69.7 Å². The summed E-state index contributed by atoms with van der Waals surface area (Å²) in [5.74, 6) is 1.30. The number of aromatic hydroxyl groups is 1. The first kappa shape index (κ1) is 21.2. The third-order valence-corrected chi connectivity index (χ3v) is 5.90. The van der Waals surface area contributed by atoms with Crippen LogP contribution in [0.2, 0.25) is 0 Å². The monoisotopic (exact) mass is 417 g/mol. The lowest BCUT2D eigenvalue weighted by Gasteiger charge is -2.36. The molecule has 3 N–H and O–H groups in total. The maximum atomic E-state index is 13.2. The Morgan fingerprint density at radius 3 is 2.83 bits per heavy atom. The van der Waals surface area contributed by atoms with E-state index in [1.165, 1.54) is 6.07 Å². The fraction of sp³-hybridized carbons (Fsp3) is 0.333. The molecule has 2 atom stereocenters. The van der Waals surface area contributed by atoms with Gasteiger partial charge in [-0.3, -0.25) is 9.59 Å². The zero-order valence-electron chi connectivity index (χ0n) is 15.7. The van der Waals surface area contributed by atoms with Crippen molar-refractivity contribution in [2.75, 3.05) is 31.3 Å². The van der Waals surface area contributed by atoms with Crippen molar-refractivity contribution in [3.05, 3.63) is 59.2 Å². The zero-order chi connectivity index (χ0) is 20.8. The number of thioether (sulfide) groups is 1. The van der Waals surface area contributed by atoms with E-state index in [2.05, 4.69) is 0 Å². The molecule has 2 aromatic carbocycles. The van der Waals surface area contributed by atoms with Gasteiger partial charge in [-0.2, -0.15) is 11.8 Å². The Morgan fingerprint density at radius 1 is 1.28 bits per heavy atom. The summed E-state index contributed by atoms with van der Waals surface area (Å²) < 4.78 is 5.78. The number of benzene rings is 2. The first-order valence-electron chi connectivity index (χ1n) is 9.23. The minimum atomic E-state index is -1.13. The maximum Gasteiger partial charge on any atom is 0.254 e. The van der Waals surface area contributed by atoms with Crippen LogP contribution in [-0.2, 0) is 0 Å². The van der Waals surface area contributed by atoms with E-state index in [-0.39, 0.29) is 35.6 Å². The number of nitrogens with zero attached hydrogens (tertiary/aromatic N) is 1. The number of hydrogen-bond acceptors (Lipinski definition) is 7. The highest BCUT2D eigenvalue weighted by Gasteiger charge is 2.30. The minimum Gasteiger partial charge on any atom is -0.507 e. The zero-order valence-corrected chi connectivity index (χ0v) is 16.5. The van der Waals surface area contributed by atoms with Crippen molar-refractivity contribution in [2.24, 2.45) is 0 Å². The molecule has 154 valence electrons. The average molecular weight is 417 g/mol. The lowest BCUT2D eigenvalue weighted by Crippen LogP contribution is -2.49. The van der Waals surface area contributed by atoms with Crippen molar-refractivity contribution in [2.45, 2.75) is 12.1 Å². The molecule has 29 heavy (non-hydrogen) atoms. The Labute approximate surface area is 172 Å². The number of ether oxygens (including phenoxy) is 1. The second-order valence-electron chi connectivity index (χ2n) is 6.63. The summed E-state index contributed by atoms with van der Waals surface area (Å²) in [6, 6.07) is 11.0. The first-order valence-corrected chi connectivity index (χ1v) is 10.4. The van der Waals surface area contributed by atoms with Gasteiger partial charge in [0.05, 0.1) is 18.2 Å². The van der Waals surface area contributed by atoms with Crippen molar-refractivity contribution in [1.29, 1.82) is 0 Å². The molecule has 1 saturated heterocycles. The van der Waals surface area contributed by atoms with Gasteiger partial charge in [0, 0.05) is 23.6 Å². The van der Waals surface area contributed by atoms with Gasteiger partial charge in [0.15, 0.2) is 6.29 Å². The van der Waals surface area contributed by atoms with Crippen LogP contribution >= 0.6 is 11.8 Å². The number of carbonyl (C=O) groups is 2. The summed E-state index contributed by atoms with van der Waals surface area (Å²) in [7, 11) is 0. The number of amides is 1. The second-order valence-corrected chi connectivity index (χ2v) is 7.78. The Morgan fingerprint density at radius 2 is 2.07 bits per heavy atom. The van der Waals surface area contributed by atoms with Crippen LogP contribution in [0.25, 0.3) is 0 Å². The predicted octanol–water partition coefficient (Wildman–Crippen LogP) is 1.87. The molecule has 1 aliphatic heterocycles. The summed E-state index contributed by atoms with van der Waals surface area (Å²) in [6.45, 7) is 0.202. The highest BCUT2D eigenvalue weighted by Crippen LogP contribution is 2.28. The van der Waals surface area contributed by atoms with Crippen molar-refractivity contribution in [3.8, 4) is 11.5 Å². The molecule has 7 nitrogen and oxygen atoms in total. The Kier molecular flexibility index (Phi) is 7.13. The first-order chi connectivity index (χ1) is 14.1. The Bertz CT molecular complexity index is 874. The highest BCUT2D eigenvalue weighted by molar-refractivity contribution is 7.99. The number of rotatable bonds is 7. The molecule has 1 heterocycles. The molecule has 0 unspecified atom stereocenters. The van der Waals surface area contributed by atoms with E-state index >= 15 is 0 Å². The van der Waals surface area contributed by atoms with Crippen LogP contribution in [0.1, 0.15) is 32.4 Å². The number of aldehydes is 1. The molecule has 0 aliphatic carbocycles. The molecule has 1 fully saturated rings. The van der Waals surface area contributed by atoms with Crippen LogP contribution in [0.3, 0.4) is 0 Å². The van der Waals surface area contributed by atoms with Gasteiger partial charge < -0.3 is 25.0 Å². The number of aliphatic hydroxyl groups excluding tert-OH is 2. The number of carbonyl (C=O) groups excluding carboxylic acids is 2. The minimum absolute atomic E-state index is 0.0743. The van der Waals surface area contributed by atoms with E-state index in [4.69, 9.17) is 4.74 Å². The molecule has 0 spiro atoms. The fourth-order valence-electron chi connectivity index (χ4n) is 3.26. The number of hydrogen-bond donors (Lipinski definition) is 3. The van der Waals surface area contributed by atoms with Crippen molar-refractivity contribution >= 4 is 24.0 Å². The normalized spacial score (nSPS) is 17.6. The molecular formula is C21H23NO6S. The number of phenols is 1. The second kappa shape index (κ2) is 9.78. The van der Waals surface area contributed by atoms with Gasteiger partial charge in [-0.15, -0.1) is 0 Å². The molecule has 2 aromatic rings. The van der Waals surface area contributed by atoms with Crippen LogP contribution in [0.4, 0.5) is 0 Å². The maximum absolute atomic E-state index is 13.2. The lowest BCUT2D eigenvalue weighted by atomic mass is 10.0. The van der Waals surface area contributed by atoms with Crippen LogP contribution in [0.5, 0.6) is 11.5 Å². The molecule has 0 radical (unpaired) electrons. The molecule has 0 aromatic heterocycles. The van der Waals surface area contributed by atoms with Crippen molar-refractivity contribution in [3.63, 3.8) is 0 Å². The molecule has 3 rings (SSSR count). The molecule has 0 bridgehead atoms. The van der Waals surface area contributed by atoms with Gasteiger partial charge in [0.25, 0.3) is 5.91 Å². The predicted molar refractivity (Wildman–Crippen MR) is 110 cm³/mol. The van der Waals surface area contributed by atoms with Crippen molar-refractivity contribution < 1.29 is 29.6 Å². The summed E-state index contributed by atoms with van der Waals surface area (Å²) in [6.07, 6.45) is -0.595. The van der Waals surface area contributed by atoms with E-state index in [1.807, 2.05) is 0 Å². The van der Waals surface area contributed by atoms with Crippen LogP contribution in [0, 0.1) is 0 Å². The van der Waals surface area contributed by atoms with Gasteiger partial charge >= 0.3 is 0 Å². The highest BCUT2D eigenvalue weighted by atomic mass is 32.2. The third-order valence-electron chi connectivity index (χ3n) is 4.80. The Balaban J connectivity index is 1.79. The quantitative estimate of drug-likeness (QED) is 0.590. The third kappa shape index (κ3) is 4.72. The molecule has 1 aliphatic rings. The van der Waals surface area contributed by atoms with E-state index in [0.717, 1.165) is 5.75 Å². The fourth-order valence-corrected chi connectivity index (χ4v) is 4.30. The van der Waals surface area contributed by atoms with Gasteiger partial charge in [0.2, 0.25) is 0 Å². The largest absolute Gasteiger partial charge is 0.507 e. The van der Waals surface area contributed by atoms with Gasteiger partial charge in [0.1, 0.15) is 24.2 Å². The average Bonchev–Trinajstić information content (AvgIpc) is 2.77. The molecular weight excluding hydrogens is 394 g/mol. The van der Waals surface area contributed by atoms with E-state index < -0.39 is 12.7 Å².